The molecule has 0 heterocycles. The molecule has 0 aliphatic heterocycles. The maximum Gasteiger partial charge on any atom is 0.220 e. The molecule has 0 radical (unpaired) electrons. The van der Waals surface area contributed by atoms with Gasteiger partial charge in [0, 0.05) is 18.5 Å². The first kappa shape index (κ1) is 17.8. The number of nitrogens with two attached hydrogens (primary N) is 1. The average Bonchev–Trinajstić information content (AvgIpc) is 2.89. The van der Waals surface area contributed by atoms with Crippen LogP contribution in [0.1, 0.15) is 59.3 Å². The van der Waals surface area contributed by atoms with Crippen LogP contribution in [-0.4, -0.2) is 18.0 Å². The molecule has 2 fully saturated rings. The van der Waals surface area contributed by atoms with Crippen molar-refractivity contribution in [1.29, 1.82) is 0 Å². The monoisotopic (exact) mass is 302 g/mol. The zero-order chi connectivity index (χ0) is 14.0. The Morgan fingerprint density at radius 3 is 2.50 bits per heavy atom. The zero-order valence-electron chi connectivity index (χ0n) is 13.2. The minimum atomic E-state index is -0.233. The van der Waals surface area contributed by atoms with E-state index in [9.17, 15) is 4.79 Å². The lowest BCUT2D eigenvalue weighted by Crippen LogP contribution is -2.52. The van der Waals surface area contributed by atoms with Crippen molar-refractivity contribution in [3.05, 3.63) is 0 Å². The predicted octanol–water partition coefficient (Wildman–Crippen LogP) is 3.11. The summed E-state index contributed by atoms with van der Waals surface area (Å²) >= 11 is 0. The van der Waals surface area contributed by atoms with Gasteiger partial charge in [0.25, 0.3) is 0 Å². The van der Waals surface area contributed by atoms with Gasteiger partial charge in [0.15, 0.2) is 0 Å². The lowest BCUT2D eigenvalue weighted by Gasteiger charge is -2.32. The van der Waals surface area contributed by atoms with Crippen molar-refractivity contribution in [3.63, 3.8) is 0 Å². The topological polar surface area (TPSA) is 55.1 Å². The van der Waals surface area contributed by atoms with Crippen LogP contribution in [0.5, 0.6) is 0 Å². The number of nitrogens with one attached hydrogen (secondary N) is 1. The molecular weight excluding hydrogens is 272 g/mol. The van der Waals surface area contributed by atoms with Gasteiger partial charge in [-0.2, -0.15) is 0 Å². The Morgan fingerprint density at radius 2 is 2.05 bits per heavy atom. The van der Waals surface area contributed by atoms with Crippen molar-refractivity contribution in [1.82, 2.24) is 5.32 Å². The van der Waals surface area contributed by atoms with Crippen LogP contribution in [0.15, 0.2) is 0 Å². The number of amides is 1. The van der Waals surface area contributed by atoms with Crippen LogP contribution in [0.3, 0.4) is 0 Å². The quantitative estimate of drug-likeness (QED) is 0.792. The molecule has 4 atom stereocenters. The second-order valence-electron chi connectivity index (χ2n) is 7.55. The van der Waals surface area contributed by atoms with E-state index in [4.69, 9.17) is 5.73 Å². The van der Waals surface area contributed by atoms with E-state index in [0.717, 1.165) is 24.7 Å². The lowest BCUT2D eigenvalue weighted by molar-refractivity contribution is -0.124. The molecule has 0 aromatic carbocycles. The molecule has 2 aliphatic carbocycles. The third kappa shape index (κ3) is 4.36. The van der Waals surface area contributed by atoms with Crippen molar-refractivity contribution in [2.24, 2.45) is 29.4 Å². The van der Waals surface area contributed by atoms with E-state index in [1.807, 2.05) is 0 Å². The van der Waals surface area contributed by atoms with Gasteiger partial charge in [0.2, 0.25) is 5.91 Å². The molecule has 0 aromatic rings. The molecule has 3 N–H and O–H groups in total. The Balaban J connectivity index is 0.00000200. The van der Waals surface area contributed by atoms with Gasteiger partial charge in [0.05, 0.1) is 0 Å². The molecule has 2 aliphatic rings. The van der Waals surface area contributed by atoms with E-state index in [0.29, 0.717) is 18.4 Å². The minimum absolute atomic E-state index is 0. The fraction of sp³-hybridized carbons (Fsp3) is 0.938. The second-order valence-corrected chi connectivity index (χ2v) is 7.55. The first-order chi connectivity index (χ1) is 8.92. The first-order valence-corrected chi connectivity index (χ1v) is 7.93. The van der Waals surface area contributed by atoms with E-state index in [2.05, 4.69) is 26.1 Å². The third-order valence-corrected chi connectivity index (χ3v) is 5.08. The number of carbonyl (C=O) groups excluding carboxylic acids is 1. The summed E-state index contributed by atoms with van der Waals surface area (Å²) in [5.74, 6) is 3.15. The van der Waals surface area contributed by atoms with Gasteiger partial charge in [-0.1, -0.05) is 20.3 Å². The summed E-state index contributed by atoms with van der Waals surface area (Å²) in [4.78, 5) is 12.3. The van der Waals surface area contributed by atoms with Crippen molar-refractivity contribution < 1.29 is 4.79 Å². The van der Waals surface area contributed by atoms with Gasteiger partial charge in [-0.15, -0.1) is 12.4 Å². The number of hydrogen-bond acceptors (Lipinski definition) is 2. The molecule has 20 heavy (non-hydrogen) atoms. The smallest absolute Gasteiger partial charge is 0.220 e. The van der Waals surface area contributed by atoms with Crippen LogP contribution in [0, 0.1) is 23.7 Å². The van der Waals surface area contributed by atoms with Crippen molar-refractivity contribution >= 4 is 18.3 Å². The highest BCUT2D eigenvalue weighted by Crippen LogP contribution is 2.49. The van der Waals surface area contributed by atoms with E-state index in [1.54, 1.807) is 0 Å². The Labute approximate surface area is 129 Å². The summed E-state index contributed by atoms with van der Waals surface area (Å²) in [6.07, 6.45) is 7.07. The van der Waals surface area contributed by atoms with Crippen LogP contribution in [0.2, 0.25) is 0 Å². The van der Waals surface area contributed by atoms with Gasteiger partial charge in [-0.25, -0.2) is 0 Å². The molecule has 2 bridgehead atoms. The maximum atomic E-state index is 12.3. The van der Waals surface area contributed by atoms with Gasteiger partial charge in [-0.05, 0) is 56.3 Å². The van der Waals surface area contributed by atoms with Crippen LogP contribution in [0.4, 0.5) is 0 Å². The fourth-order valence-electron chi connectivity index (χ4n) is 4.34. The molecule has 0 aromatic heterocycles. The first-order valence-electron chi connectivity index (χ1n) is 7.93. The summed E-state index contributed by atoms with van der Waals surface area (Å²) in [7, 11) is 0. The van der Waals surface area contributed by atoms with Crippen molar-refractivity contribution in [3.8, 4) is 0 Å². The molecule has 2 saturated carbocycles. The number of halogens is 1. The lowest BCUT2D eigenvalue weighted by atomic mass is 9.85. The summed E-state index contributed by atoms with van der Waals surface area (Å²) in [5, 5.41) is 3.20. The van der Waals surface area contributed by atoms with Crippen molar-refractivity contribution in [2.45, 2.75) is 64.8 Å². The van der Waals surface area contributed by atoms with Gasteiger partial charge in [-0.3, -0.25) is 4.79 Å². The van der Waals surface area contributed by atoms with Crippen LogP contribution in [-0.2, 0) is 4.79 Å². The van der Waals surface area contributed by atoms with Crippen molar-refractivity contribution in [2.75, 3.05) is 6.54 Å². The molecule has 0 saturated heterocycles. The standard InChI is InChI=1S/C16H30N2O.ClH/c1-11(2)9-16(3,10-17)18-15(19)8-14-7-12-4-5-13(14)6-12;/h11-14H,4-10,17H2,1-3H3,(H,18,19);1H. The molecule has 4 unspecified atom stereocenters. The summed E-state index contributed by atoms with van der Waals surface area (Å²) < 4.78 is 0. The molecule has 118 valence electrons. The fourth-order valence-corrected chi connectivity index (χ4v) is 4.34. The zero-order valence-corrected chi connectivity index (χ0v) is 14.0. The van der Waals surface area contributed by atoms with E-state index in [1.165, 1.54) is 25.7 Å². The minimum Gasteiger partial charge on any atom is -0.350 e. The van der Waals surface area contributed by atoms with Crippen LogP contribution in [0.25, 0.3) is 0 Å². The normalized spacial score (nSPS) is 30.9. The molecule has 4 heteroatoms. The highest BCUT2D eigenvalue weighted by Gasteiger charge is 2.40. The third-order valence-electron chi connectivity index (χ3n) is 5.08. The molecule has 2 rings (SSSR count). The number of hydrogen-bond donors (Lipinski definition) is 2. The predicted molar refractivity (Wildman–Crippen MR) is 85.9 cm³/mol. The Morgan fingerprint density at radius 1 is 1.35 bits per heavy atom. The van der Waals surface area contributed by atoms with Crippen LogP contribution < -0.4 is 11.1 Å². The number of fused-ring (bicyclic) bond motifs is 2. The largest absolute Gasteiger partial charge is 0.350 e. The molecule has 3 nitrogen and oxygen atoms in total. The molecule has 0 spiro atoms. The maximum absolute atomic E-state index is 12.3. The van der Waals surface area contributed by atoms with E-state index < -0.39 is 0 Å². The highest BCUT2D eigenvalue weighted by atomic mass is 35.5. The molecule has 1 amide bonds. The second kappa shape index (κ2) is 7.13. The number of rotatable bonds is 6. The highest BCUT2D eigenvalue weighted by molar-refractivity contribution is 5.85. The molecular formula is C16H31ClN2O. The van der Waals surface area contributed by atoms with E-state index >= 15 is 0 Å². The van der Waals surface area contributed by atoms with Gasteiger partial charge >= 0.3 is 0 Å². The summed E-state index contributed by atoms with van der Waals surface area (Å²) in [6, 6.07) is 0. The Bertz CT molecular complexity index is 334. The summed E-state index contributed by atoms with van der Waals surface area (Å²) in [5.41, 5.74) is 5.62. The Kier molecular flexibility index (Phi) is 6.33. The number of carbonyl (C=O) groups is 1. The van der Waals surface area contributed by atoms with Crippen LogP contribution >= 0.6 is 12.4 Å². The Hall–Kier alpha value is -0.280. The van der Waals surface area contributed by atoms with E-state index in [-0.39, 0.29) is 23.9 Å². The average molecular weight is 303 g/mol. The van der Waals surface area contributed by atoms with Gasteiger partial charge in [0.1, 0.15) is 0 Å². The SMILES string of the molecule is CC(C)CC(C)(CN)NC(=O)CC1CC2CCC1C2.Cl. The summed E-state index contributed by atoms with van der Waals surface area (Å²) in [6.45, 7) is 6.95. The van der Waals surface area contributed by atoms with Gasteiger partial charge < -0.3 is 11.1 Å².